The molecule has 0 saturated carbocycles. The molecule has 0 fully saturated rings. The Morgan fingerprint density at radius 3 is 2.28 bits per heavy atom. The predicted molar refractivity (Wildman–Crippen MR) is 117 cm³/mol. The van der Waals surface area contributed by atoms with Gasteiger partial charge in [-0.2, -0.15) is 9.78 Å². The van der Waals surface area contributed by atoms with E-state index in [1.807, 2.05) is 35.0 Å². The minimum Gasteiger partial charge on any atom is -0.496 e. The highest BCUT2D eigenvalue weighted by Crippen LogP contribution is 2.33. The van der Waals surface area contributed by atoms with Crippen molar-refractivity contribution in [2.75, 3.05) is 12.9 Å². The standard InChI is InChI=1S/C23H18N4OS/c1-28-21-10-6-5-9-19(21)22-24-25-23-27(22)26-20(15-29-23)18-13-11-17(12-14-18)16-7-3-2-4-8-16/h2-14H,15H2,1H3. The lowest BCUT2D eigenvalue weighted by Crippen LogP contribution is -2.13. The number of ether oxygens (including phenoxy) is 1. The van der Waals surface area contributed by atoms with Gasteiger partial charge in [0.2, 0.25) is 5.16 Å². The number of thioether (sulfide) groups is 1. The largest absolute Gasteiger partial charge is 0.496 e. The molecule has 0 atom stereocenters. The molecule has 5 nitrogen and oxygen atoms in total. The van der Waals surface area contributed by atoms with Crippen molar-refractivity contribution in [1.82, 2.24) is 14.9 Å². The summed E-state index contributed by atoms with van der Waals surface area (Å²) in [4.78, 5) is 0. The Kier molecular flexibility index (Phi) is 4.62. The van der Waals surface area contributed by atoms with Gasteiger partial charge in [-0.05, 0) is 28.8 Å². The van der Waals surface area contributed by atoms with Crippen molar-refractivity contribution in [3.63, 3.8) is 0 Å². The maximum absolute atomic E-state index is 5.49. The molecule has 0 radical (unpaired) electrons. The highest BCUT2D eigenvalue weighted by atomic mass is 32.2. The lowest BCUT2D eigenvalue weighted by molar-refractivity contribution is 0.416. The van der Waals surface area contributed by atoms with Gasteiger partial charge >= 0.3 is 0 Å². The first-order valence-electron chi connectivity index (χ1n) is 9.29. The molecule has 0 amide bonds. The molecule has 0 saturated heterocycles. The number of para-hydroxylation sites is 1. The number of fused-ring (bicyclic) bond motifs is 1. The van der Waals surface area contributed by atoms with Crippen molar-refractivity contribution >= 4 is 17.5 Å². The highest BCUT2D eigenvalue weighted by molar-refractivity contribution is 7.99. The molecule has 142 valence electrons. The van der Waals surface area contributed by atoms with Crippen LogP contribution in [0, 0.1) is 0 Å². The number of hydrogen-bond donors (Lipinski definition) is 0. The van der Waals surface area contributed by atoms with Crippen molar-refractivity contribution in [1.29, 1.82) is 0 Å². The highest BCUT2D eigenvalue weighted by Gasteiger charge is 2.22. The quantitative estimate of drug-likeness (QED) is 0.487. The van der Waals surface area contributed by atoms with Gasteiger partial charge in [0, 0.05) is 5.75 Å². The van der Waals surface area contributed by atoms with Gasteiger partial charge < -0.3 is 4.74 Å². The summed E-state index contributed by atoms with van der Waals surface area (Å²) in [7, 11) is 1.66. The molecule has 0 N–H and O–H groups in total. The summed E-state index contributed by atoms with van der Waals surface area (Å²) in [6.45, 7) is 0. The summed E-state index contributed by atoms with van der Waals surface area (Å²) in [5, 5.41) is 14.3. The minimum absolute atomic E-state index is 0.683. The first-order valence-corrected chi connectivity index (χ1v) is 10.3. The van der Waals surface area contributed by atoms with Crippen molar-refractivity contribution in [3.05, 3.63) is 84.4 Å². The molecule has 5 rings (SSSR count). The smallest absolute Gasteiger partial charge is 0.212 e. The van der Waals surface area contributed by atoms with Gasteiger partial charge in [0.25, 0.3) is 0 Å². The molecule has 0 unspecified atom stereocenters. The zero-order chi connectivity index (χ0) is 19.6. The van der Waals surface area contributed by atoms with E-state index in [-0.39, 0.29) is 0 Å². The molecule has 0 aliphatic carbocycles. The summed E-state index contributed by atoms with van der Waals surface area (Å²) in [6, 6.07) is 26.7. The first kappa shape index (κ1) is 17.7. The van der Waals surface area contributed by atoms with E-state index >= 15 is 0 Å². The summed E-state index contributed by atoms with van der Waals surface area (Å²) >= 11 is 1.64. The van der Waals surface area contributed by atoms with E-state index in [0.29, 0.717) is 5.82 Å². The summed E-state index contributed by atoms with van der Waals surface area (Å²) in [5.41, 5.74) is 5.37. The molecule has 1 aliphatic rings. The van der Waals surface area contributed by atoms with Gasteiger partial charge in [-0.15, -0.1) is 10.2 Å². The maximum atomic E-state index is 5.49. The topological polar surface area (TPSA) is 52.3 Å². The van der Waals surface area contributed by atoms with Crippen molar-refractivity contribution in [2.24, 2.45) is 5.10 Å². The average Bonchev–Trinajstić information content (AvgIpc) is 3.23. The monoisotopic (exact) mass is 398 g/mol. The molecule has 6 heteroatoms. The fourth-order valence-corrected chi connectivity index (χ4v) is 4.19. The van der Waals surface area contributed by atoms with Crippen molar-refractivity contribution < 1.29 is 4.74 Å². The number of hydrogen-bond acceptors (Lipinski definition) is 5. The molecule has 1 aromatic heterocycles. The second-order valence-electron chi connectivity index (χ2n) is 6.60. The number of rotatable bonds is 4. The van der Waals surface area contributed by atoms with Crippen LogP contribution < -0.4 is 4.74 Å². The van der Waals surface area contributed by atoms with Crippen LogP contribution in [0.2, 0.25) is 0 Å². The van der Waals surface area contributed by atoms with Crippen LogP contribution in [0.25, 0.3) is 22.5 Å². The third kappa shape index (κ3) is 3.32. The zero-order valence-electron chi connectivity index (χ0n) is 15.8. The van der Waals surface area contributed by atoms with Gasteiger partial charge in [0.05, 0.1) is 18.4 Å². The zero-order valence-corrected chi connectivity index (χ0v) is 16.6. The molecule has 0 bridgehead atoms. The third-order valence-corrected chi connectivity index (χ3v) is 5.77. The third-order valence-electron chi connectivity index (χ3n) is 4.84. The van der Waals surface area contributed by atoms with Crippen molar-refractivity contribution in [2.45, 2.75) is 5.16 Å². The Hall–Kier alpha value is -3.38. The minimum atomic E-state index is 0.683. The molecule has 1 aliphatic heterocycles. The van der Waals surface area contributed by atoms with E-state index in [9.17, 15) is 0 Å². The predicted octanol–water partition coefficient (Wildman–Crippen LogP) is 4.98. The van der Waals surface area contributed by atoms with Crippen LogP contribution in [-0.2, 0) is 0 Å². The van der Waals surface area contributed by atoms with Crippen LogP contribution in [-0.4, -0.2) is 33.4 Å². The molecular weight excluding hydrogens is 380 g/mol. The fraction of sp³-hybridized carbons (Fsp3) is 0.0870. The lowest BCUT2D eigenvalue weighted by atomic mass is 10.0. The van der Waals surface area contributed by atoms with E-state index in [1.165, 1.54) is 11.1 Å². The van der Waals surface area contributed by atoms with Gasteiger partial charge in [-0.1, -0.05) is 78.5 Å². The summed E-state index contributed by atoms with van der Waals surface area (Å²) in [6.07, 6.45) is 0. The summed E-state index contributed by atoms with van der Waals surface area (Å²) in [5.74, 6) is 2.19. The van der Waals surface area contributed by atoms with Crippen LogP contribution in [0.5, 0.6) is 5.75 Å². The fourth-order valence-electron chi connectivity index (χ4n) is 3.35. The van der Waals surface area contributed by atoms with E-state index in [4.69, 9.17) is 9.84 Å². The van der Waals surface area contributed by atoms with E-state index in [0.717, 1.165) is 33.5 Å². The number of nitrogens with zero attached hydrogens (tertiary/aromatic N) is 4. The van der Waals surface area contributed by atoms with Gasteiger partial charge in [0.15, 0.2) is 5.82 Å². The second-order valence-corrected chi connectivity index (χ2v) is 7.54. The normalized spacial score (nSPS) is 12.9. The average molecular weight is 398 g/mol. The maximum Gasteiger partial charge on any atom is 0.212 e. The van der Waals surface area contributed by atoms with Crippen LogP contribution >= 0.6 is 11.8 Å². The first-order chi connectivity index (χ1) is 14.3. The Bertz CT molecular complexity index is 1180. The van der Waals surface area contributed by atoms with Crippen LogP contribution in [0.4, 0.5) is 0 Å². The van der Waals surface area contributed by atoms with Gasteiger partial charge in [0.1, 0.15) is 5.75 Å². The number of aromatic nitrogens is 3. The van der Waals surface area contributed by atoms with E-state index in [2.05, 4.69) is 58.7 Å². The molecule has 2 heterocycles. The van der Waals surface area contributed by atoms with Gasteiger partial charge in [-0.3, -0.25) is 0 Å². The van der Waals surface area contributed by atoms with Crippen molar-refractivity contribution in [3.8, 4) is 28.3 Å². The van der Waals surface area contributed by atoms with Crippen LogP contribution in [0.1, 0.15) is 5.56 Å². The molecule has 4 aromatic rings. The lowest BCUT2D eigenvalue weighted by Gasteiger charge is -2.15. The van der Waals surface area contributed by atoms with E-state index < -0.39 is 0 Å². The Labute approximate surface area is 173 Å². The Morgan fingerprint density at radius 2 is 1.48 bits per heavy atom. The molecule has 3 aromatic carbocycles. The second kappa shape index (κ2) is 7.56. The Balaban J connectivity index is 1.51. The van der Waals surface area contributed by atoms with Crippen LogP contribution in [0.3, 0.4) is 0 Å². The molecule has 0 spiro atoms. The summed E-state index contributed by atoms with van der Waals surface area (Å²) < 4.78 is 7.30. The SMILES string of the molecule is COc1ccccc1-c1nnc2n1N=C(c1ccc(-c3ccccc3)cc1)CS2. The molecular formula is C23H18N4OS. The molecule has 29 heavy (non-hydrogen) atoms. The number of methoxy groups -OCH3 is 1. The van der Waals surface area contributed by atoms with E-state index in [1.54, 1.807) is 18.9 Å². The van der Waals surface area contributed by atoms with Gasteiger partial charge in [-0.25, -0.2) is 0 Å². The number of benzene rings is 3. The Morgan fingerprint density at radius 1 is 0.793 bits per heavy atom. The van der Waals surface area contributed by atoms with Crippen LogP contribution in [0.15, 0.2) is 89.1 Å².